The number of aromatic nitrogens is 2. The molecule has 1 heterocycles. The molecule has 0 unspecified atom stereocenters. The molecule has 0 radical (unpaired) electrons. The number of aryl methyl sites for hydroxylation is 1. The van der Waals surface area contributed by atoms with Gasteiger partial charge in [-0.05, 0) is 48.6 Å². The van der Waals surface area contributed by atoms with Gasteiger partial charge < -0.3 is 10.3 Å². The largest absolute Gasteiger partial charge is 0.348 e. The molecule has 0 fully saturated rings. The second-order valence-corrected chi connectivity index (χ2v) is 10.6. The number of hydrogen-bond acceptors (Lipinski definition) is 4. The fraction of sp³-hybridized carbons (Fsp3) is 0.231. The van der Waals surface area contributed by atoms with E-state index in [2.05, 4.69) is 21.4 Å². The van der Waals surface area contributed by atoms with E-state index in [0.29, 0.717) is 16.9 Å². The Labute approximate surface area is 198 Å². The Kier molecular flexibility index (Phi) is 5.93. The third kappa shape index (κ3) is 4.34. The van der Waals surface area contributed by atoms with Crippen molar-refractivity contribution in [2.45, 2.75) is 30.2 Å². The standard InChI is InChI=1S/C26H26N4O3S/c1-30(17-25(31)27-22-13-7-11-18-8-5-6-12-21(18)22)34(32,33)20-14-15-23-24(16-20)29-26(28-23)19-9-3-2-4-10-19/h2-6,8-10,12,14-16,22H,7,11,13,17H2,1H3,(H,27,31)(H,28,29)/t22-/m1/s1. The zero-order valence-electron chi connectivity index (χ0n) is 18.9. The zero-order chi connectivity index (χ0) is 23.7. The first-order valence-corrected chi connectivity index (χ1v) is 12.7. The summed E-state index contributed by atoms with van der Waals surface area (Å²) in [6.07, 6.45) is 2.84. The molecule has 34 heavy (non-hydrogen) atoms. The van der Waals surface area contributed by atoms with Gasteiger partial charge in [0.05, 0.1) is 28.5 Å². The minimum Gasteiger partial charge on any atom is -0.348 e. The van der Waals surface area contributed by atoms with Crippen molar-refractivity contribution in [3.05, 3.63) is 83.9 Å². The molecule has 1 amide bonds. The fourth-order valence-electron chi connectivity index (χ4n) is 4.49. The average Bonchev–Trinajstić information content (AvgIpc) is 3.28. The molecule has 0 aliphatic heterocycles. The number of benzene rings is 3. The first-order valence-electron chi connectivity index (χ1n) is 11.3. The maximum atomic E-state index is 13.2. The topological polar surface area (TPSA) is 95.2 Å². The van der Waals surface area contributed by atoms with Crippen LogP contribution in [-0.2, 0) is 21.2 Å². The van der Waals surface area contributed by atoms with E-state index in [0.717, 1.165) is 34.7 Å². The van der Waals surface area contributed by atoms with Crippen LogP contribution in [-0.4, -0.2) is 42.2 Å². The van der Waals surface area contributed by atoms with Crippen LogP contribution < -0.4 is 5.32 Å². The monoisotopic (exact) mass is 474 g/mol. The third-order valence-electron chi connectivity index (χ3n) is 6.28. The number of H-pyrrole nitrogens is 1. The SMILES string of the molecule is CN(CC(=O)N[C@@H]1CCCc2ccccc21)S(=O)(=O)c1ccc2nc(-c3ccccc3)[nH]c2c1. The Morgan fingerprint density at radius 3 is 2.68 bits per heavy atom. The van der Waals surface area contributed by atoms with Crippen molar-refractivity contribution in [1.82, 2.24) is 19.6 Å². The Bertz CT molecular complexity index is 1450. The van der Waals surface area contributed by atoms with E-state index in [9.17, 15) is 13.2 Å². The van der Waals surface area contributed by atoms with E-state index >= 15 is 0 Å². The van der Waals surface area contributed by atoms with Crippen molar-refractivity contribution in [2.75, 3.05) is 13.6 Å². The van der Waals surface area contributed by atoms with E-state index in [1.807, 2.05) is 48.5 Å². The average molecular weight is 475 g/mol. The van der Waals surface area contributed by atoms with Crippen molar-refractivity contribution in [2.24, 2.45) is 0 Å². The zero-order valence-corrected chi connectivity index (χ0v) is 19.7. The molecular weight excluding hydrogens is 448 g/mol. The van der Waals surface area contributed by atoms with Crippen LogP contribution in [0.3, 0.4) is 0 Å². The number of rotatable bonds is 6. The highest BCUT2D eigenvalue weighted by Gasteiger charge is 2.26. The summed E-state index contributed by atoms with van der Waals surface area (Å²) < 4.78 is 27.5. The minimum atomic E-state index is -3.86. The Hall–Kier alpha value is -3.49. The molecule has 0 spiro atoms. The molecule has 0 saturated heterocycles. The number of nitrogens with one attached hydrogen (secondary N) is 2. The molecule has 2 N–H and O–H groups in total. The van der Waals surface area contributed by atoms with Crippen LogP contribution in [0.25, 0.3) is 22.4 Å². The van der Waals surface area contributed by atoms with Crippen LogP contribution in [0.4, 0.5) is 0 Å². The molecular formula is C26H26N4O3S. The molecule has 1 aliphatic carbocycles. The second kappa shape index (κ2) is 9.04. The summed E-state index contributed by atoms with van der Waals surface area (Å²) in [5, 5.41) is 3.02. The molecule has 4 aromatic rings. The van der Waals surface area contributed by atoms with Gasteiger partial charge in [-0.3, -0.25) is 4.79 Å². The molecule has 8 heteroatoms. The fourth-order valence-corrected chi connectivity index (χ4v) is 5.65. The van der Waals surface area contributed by atoms with Crippen molar-refractivity contribution < 1.29 is 13.2 Å². The van der Waals surface area contributed by atoms with Gasteiger partial charge in [0.1, 0.15) is 5.82 Å². The van der Waals surface area contributed by atoms with Gasteiger partial charge in [0, 0.05) is 12.6 Å². The van der Waals surface area contributed by atoms with Crippen LogP contribution in [0.2, 0.25) is 0 Å². The van der Waals surface area contributed by atoms with E-state index in [-0.39, 0.29) is 23.4 Å². The summed E-state index contributed by atoms with van der Waals surface area (Å²) in [6, 6.07) is 22.4. The maximum absolute atomic E-state index is 13.2. The number of likely N-dealkylation sites (N-methyl/N-ethyl adjacent to an activating group) is 1. The summed E-state index contributed by atoms with van der Waals surface area (Å²) in [5.41, 5.74) is 4.57. The Morgan fingerprint density at radius 2 is 1.85 bits per heavy atom. The molecule has 7 nitrogen and oxygen atoms in total. The minimum absolute atomic E-state index is 0.0914. The summed E-state index contributed by atoms with van der Waals surface area (Å²) in [7, 11) is -2.43. The molecule has 174 valence electrons. The highest BCUT2D eigenvalue weighted by atomic mass is 32.2. The normalized spacial score (nSPS) is 15.9. The summed E-state index contributed by atoms with van der Waals surface area (Å²) in [4.78, 5) is 20.6. The summed E-state index contributed by atoms with van der Waals surface area (Å²) in [6.45, 7) is -0.253. The van der Waals surface area contributed by atoms with Crippen molar-refractivity contribution >= 4 is 27.0 Å². The molecule has 1 atom stereocenters. The summed E-state index contributed by atoms with van der Waals surface area (Å²) >= 11 is 0. The smallest absolute Gasteiger partial charge is 0.243 e. The van der Waals surface area contributed by atoms with E-state index in [1.54, 1.807) is 12.1 Å². The van der Waals surface area contributed by atoms with Gasteiger partial charge in [-0.1, -0.05) is 54.6 Å². The van der Waals surface area contributed by atoms with Crippen LogP contribution in [0.15, 0.2) is 77.7 Å². The third-order valence-corrected chi connectivity index (χ3v) is 8.08. The molecule has 0 saturated carbocycles. The first kappa shape index (κ1) is 22.3. The highest BCUT2D eigenvalue weighted by Crippen LogP contribution is 2.29. The van der Waals surface area contributed by atoms with Gasteiger partial charge in [0.2, 0.25) is 15.9 Å². The number of fused-ring (bicyclic) bond motifs is 2. The quantitative estimate of drug-likeness (QED) is 0.441. The van der Waals surface area contributed by atoms with E-state index in [1.165, 1.54) is 18.7 Å². The van der Waals surface area contributed by atoms with E-state index < -0.39 is 10.0 Å². The number of carbonyl (C=O) groups excluding carboxylic acids is 1. The second-order valence-electron chi connectivity index (χ2n) is 8.60. The number of hydrogen-bond donors (Lipinski definition) is 2. The Morgan fingerprint density at radius 1 is 1.09 bits per heavy atom. The molecule has 1 aliphatic rings. The number of imidazole rings is 1. The van der Waals surface area contributed by atoms with E-state index in [4.69, 9.17) is 0 Å². The number of sulfonamides is 1. The lowest BCUT2D eigenvalue weighted by Gasteiger charge is -2.27. The first-order chi connectivity index (χ1) is 16.4. The van der Waals surface area contributed by atoms with Gasteiger partial charge in [-0.2, -0.15) is 4.31 Å². The van der Waals surface area contributed by atoms with Gasteiger partial charge in [-0.15, -0.1) is 0 Å². The van der Waals surface area contributed by atoms with Crippen molar-refractivity contribution in [3.8, 4) is 11.4 Å². The molecule has 0 bridgehead atoms. The van der Waals surface area contributed by atoms with Crippen LogP contribution in [0, 0.1) is 0 Å². The highest BCUT2D eigenvalue weighted by molar-refractivity contribution is 7.89. The van der Waals surface area contributed by atoms with Crippen LogP contribution >= 0.6 is 0 Å². The van der Waals surface area contributed by atoms with Crippen molar-refractivity contribution in [1.29, 1.82) is 0 Å². The molecule has 5 rings (SSSR count). The predicted molar refractivity (Wildman–Crippen MR) is 132 cm³/mol. The van der Waals surface area contributed by atoms with Gasteiger partial charge in [-0.25, -0.2) is 13.4 Å². The lowest BCUT2D eigenvalue weighted by Crippen LogP contribution is -2.40. The van der Waals surface area contributed by atoms with Crippen LogP contribution in [0.1, 0.15) is 30.0 Å². The van der Waals surface area contributed by atoms with Crippen LogP contribution in [0.5, 0.6) is 0 Å². The lowest BCUT2D eigenvalue weighted by molar-refractivity contribution is -0.122. The maximum Gasteiger partial charge on any atom is 0.243 e. The van der Waals surface area contributed by atoms with Gasteiger partial charge in [0.15, 0.2) is 0 Å². The number of carbonyl (C=O) groups is 1. The molecule has 1 aromatic heterocycles. The number of nitrogens with zero attached hydrogens (tertiary/aromatic N) is 2. The van der Waals surface area contributed by atoms with Crippen molar-refractivity contribution in [3.63, 3.8) is 0 Å². The van der Waals surface area contributed by atoms with Gasteiger partial charge in [0.25, 0.3) is 0 Å². The summed E-state index contributed by atoms with van der Waals surface area (Å²) in [5.74, 6) is 0.354. The predicted octanol–water partition coefficient (Wildman–Crippen LogP) is 4.04. The number of aromatic amines is 1. The lowest BCUT2D eigenvalue weighted by atomic mass is 9.88. The van der Waals surface area contributed by atoms with Gasteiger partial charge >= 0.3 is 0 Å². The molecule has 3 aromatic carbocycles. The number of amides is 1. The Balaban J connectivity index is 1.32.